The minimum Gasteiger partial charge on any atom is -0.492 e. The van der Waals surface area contributed by atoms with Gasteiger partial charge in [-0.15, -0.1) is 10.2 Å². The van der Waals surface area contributed by atoms with E-state index in [4.69, 9.17) is 13.9 Å². The van der Waals surface area contributed by atoms with Crippen LogP contribution in [0.1, 0.15) is 17.7 Å². The molecule has 4 aromatic rings. The third-order valence-corrected chi connectivity index (χ3v) is 5.28. The highest BCUT2D eigenvalue weighted by Gasteiger charge is 2.46. The number of fused-ring (bicyclic) bond motifs is 1. The van der Waals surface area contributed by atoms with Crippen LogP contribution in [0.2, 0.25) is 0 Å². The van der Waals surface area contributed by atoms with E-state index >= 15 is 0 Å². The van der Waals surface area contributed by atoms with Gasteiger partial charge in [-0.3, -0.25) is 4.57 Å². The van der Waals surface area contributed by atoms with E-state index in [0.717, 1.165) is 11.1 Å². The maximum atomic E-state index is 10.7. The van der Waals surface area contributed by atoms with Gasteiger partial charge in [0.15, 0.2) is 17.4 Å². The molecular weight excluding hydrogens is 420 g/mol. The molecule has 32 heavy (non-hydrogen) atoms. The van der Waals surface area contributed by atoms with Crippen molar-refractivity contribution in [2.24, 2.45) is 0 Å². The number of aryl methyl sites for hydroxylation is 1. The summed E-state index contributed by atoms with van der Waals surface area (Å²) in [6.45, 7) is 1.51. The standard InChI is InChI=1S/C20H20N6O6/c1-10-24-25-19(31-10)12-4-2-11(3-5-12)7-30-16-15(28)13(6-27)32-20(16)26-9-23-14-17(26)21-8-22-18(14)29/h2-5,8-9,13,15-16,20,27-28H,6-7H2,1H3,(H,21,22,29)/t13-,15?,16?,20-/m1/s1. The van der Waals surface area contributed by atoms with Gasteiger partial charge in [-0.1, -0.05) is 12.1 Å². The second-order valence-electron chi connectivity index (χ2n) is 7.36. The maximum Gasteiger partial charge on any atom is 0.247 e. The number of hydrogen-bond acceptors (Lipinski definition) is 11. The molecule has 3 N–H and O–H groups in total. The Morgan fingerprint density at radius 1 is 1.12 bits per heavy atom. The van der Waals surface area contributed by atoms with Crippen LogP contribution in [0.4, 0.5) is 0 Å². The monoisotopic (exact) mass is 440 g/mol. The highest BCUT2D eigenvalue weighted by atomic mass is 16.6. The van der Waals surface area contributed by atoms with Crippen molar-refractivity contribution >= 4 is 11.2 Å². The highest BCUT2D eigenvalue weighted by molar-refractivity contribution is 5.75. The van der Waals surface area contributed by atoms with Crippen molar-refractivity contribution in [3.63, 3.8) is 0 Å². The predicted octanol–water partition coefficient (Wildman–Crippen LogP) is 0.726. The molecule has 1 fully saturated rings. The minimum absolute atomic E-state index is 0.176. The van der Waals surface area contributed by atoms with Gasteiger partial charge in [0.05, 0.1) is 19.5 Å². The summed E-state index contributed by atoms with van der Waals surface area (Å²) >= 11 is 0. The molecule has 0 radical (unpaired) electrons. The summed E-state index contributed by atoms with van der Waals surface area (Å²) < 4.78 is 18.8. The Labute approximate surface area is 181 Å². The lowest BCUT2D eigenvalue weighted by Crippen LogP contribution is -2.35. The third kappa shape index (κ3) is 3.58. The van der Waals surface area contributed by atoms with Crippen LogP contribution < -0.4 is 0 Å². The molecule has 3 aromatic heterocycles. The number of ether oxygens (including phenoxy) is 2. The molecule has 12 nitrogen and oxygen atoms in total. The van der Waals surface area contributed by atoms with E-state index in [1.807, 2.05) is 24.3 Å². The Morgan fingerprint density at radius 2 is 1.94 bits per heavy atom. The summed E-state index contributed by atoms with van der Waals surface area (Å²) in [6.07, 6.45) is -0.942. The van der Waals surface area contributed by atoms with Crippen molar-refractivity contribution in [3.05, 3.63) is 48.4 Å². The quantitative estimate of drug-likeness (QED) is 0.387. The Kier molecular flexibility index (Phi) is 5.27. The van der Waals surface area contributed by atoms with E-state index in [-0.39, 0.29) is 24.6 Å². The molecule has 4 heterocycles. The smallest absolute Gasteiger partial charge is 0.247 e. The largest absolute Gasteiger partial charge is 0.492 e. The zero-order chi connectivity index (χ0) is 22.2. The fourth-order valence-electron chi connectivity index (χ4n) is 3.65. The lowest BCUT2D eigenvalue weighted by molar-refractivity contribution is -0.0761. The van der Waals surface area contributed by atoms with Crippen molar-refractivity contribution in [1.29, 1.82) is 0 Å². The fourth-order valence-corrected chi connectivity index (χ4v) is 3.65. The first-order valence-electron chi connectivity index (χ1n) is 9.87. The molecule has 166 valence electrons. The van der Waals surface area contributed by atoms with Crippen molar-refractivity contribution in [3.8, 4) is 17.3 Å². The lowest BCUT2D eigenvalue weighted by Gasteiger charge is -2.22. The lowest BCUT2D eigenvalue weighted by atomic mass is 10.1. The topological polar surface area (TPSA) is 162 Å². The summed E-state index contributed by atoms with van der Waals surface area (Å²) in [7, 11) is 0. The summed E-state index contributed by atoms with van der Waals surface area (Å²) in [5.41, 5.74) is 2.14. The van der Waals surface area contributed by atoms with Crippen molar-refractivity contribution in [2.75, 3.05) is 6.61 Å². The molecule has 1 saturated heterocycles. The normalized spacial score (nSPS) is 23.2. The van der Waals surface area contributed by atoms with Crippen LogP contribution in [-0.4, -0.2) is 70.0 Å². The SMILES string of the molecule is Cc1nnc(-c2ccc(COC3C(O)[C@@H](CO)O[C@H]3n3cnc4c(O)ncnc43)cc2)o1. The van der Waals surface area contributed by atoms with E-state index < -0.39 is 24.5 Å². The summed E-state index contributed by atoms with van der Waals surface area (Å²) in [5.74, 6) is 0.649. The molecule has 12 heteroatoms. The molecular formula is C20H20N6O6. The number of aliphatic hydroxyl groups excluding tert-OH is 2. The first kappa shape index (κ1) is 20.5. The molecule has 5 rings (SSSR count). The number of nitrogens with zero attached hydrogens (tertiary/aromatic N) is 6. The summed E-state index contributed by atoms with van der Waals surface area (Å²) in [6, 6.07) is 7.38. The Balaban J connectivity index is 1.36. The van der Waals surface area contributed by atoms with Gasteiger partial charge in [0.1, 0.15) is 24.6 Å². The number of benzene rings is 1. The maximum absolute atomic E-state index is 10.7. The molecule has 1 aromatic carbocycles. The van der Waals surface area contributed by atoms with Crippen LogP contribution in [0, 0.1) is 6.92 Å². The first-order valence-corrected chi connectivity index (χ1v) is 9.87. The Morgan fingerprint density at radius 3 is 2.66 bits per heavy atom. The number of aliphatic hydroxyl groups is 2. The average molecular weight is 440 g/mol. The van der Waals surface area contributed by atoms with Gasteiger partial charge in [0.25, 0.3) is 0 Å². The number of hydrogen-bond donors (Lipinski definition) is 3. The number of aromatic hydroxyl groups is 1. The number of imidazole rings is 1. The highest BCUT2D eigenvalue weighted by Crippen LogP contribution is 2.34. The molecule has 0 saturated carbocycles. The zero-order valence-electron chi connectivity index (χ0n) is 16.9. The van der Waals surface area contributed by atoms with Crippen LogP contribution in [-0.2, 0) is 16.1 Å². The van der Waals surface area contributed by atoms with Crippen molar-refractivity contribution in [1.82, 2.24) is 29.7 Å². The van der Waals surface area contributed by atoms with Crippen LogP contribution in [0.15, 0.2) is 41.3 Å². The van der Waals surface area contributed by atoms with Crippen LogP contribution >= 0.6 is 0 Å². The number of aromatic nitrogens is 6. The van der Waals surface area contributed by atoms with Crippen molar-refractivity contribution in [2.45, 2.75) is 38.1 Å². The molecule has 4 atom stereocenters. The van der Waals surface area contributed by atoms with Gasteiger partial charge >= 0.3 is 0 Å². The molecule has 2 unspecified atom stereocenters. The third-order valence-electron chi connectivity index (χ3n) is 5.28. The zero-order valence-corrected chi connectivity index (χ0v) is 16.9. The van der Waals surface area contributed by atoms with Crippen molar-refractivity contribution < 1.29 is 29.2 Å². The molecule has 0 aliphatic carbocycles. The van der Waals surface area contributed by atoms with E-state index in [1.54, 1.807) is 11.5 Å². The van der Waals surface area contributed by atoms with E-state index in [2.05, 4.69) is 25.1 Å². The summed E-state index contributed by atoms with van der Waals surface area (Å²) in [4.78, 5) is 12.0. The molecule has 0 bridgehead atoms. The second kappa shape index (κ2) is 8.24. The summed E-state index contributed by atoms with van der Waals surface area (Å²) in [5, 5.41) is 38.0. The molecule has 0 spiro atoms. The van der Waals surface area contributed by atoms with Gasteiger partial charge in [-0.05, 0) is 17.7 Å². The fraction of sp³-hybridized carbons (Fsp3) is 0.350. The Hall–Kier alpha value is -3.45. The van der Waals surface area contributed by atoms with Crippen LogP contribution in [0.5, 0.6) is 5.88 Å². The molecule has 0 amide bonds. The van der Waals surface area contributed by atoms with E-state index in [9.17, 15) is 15.3 Å². The minimum atomic E-state index is -1.08. The predicted molar refractivity (Wildman–Crippen MR) is 107 cm³/mol. The van der Waals surface area contributed by atoms with Gasteiger partial charge in [-0.25, -0.2) is 9.97 Å². The van der Waals surface area contributed by atoms with Gasteiger partial charge in [-0.2, -0.15) is 4.98 Å². The molecule has 1 aliphatic rings. The van der Waals surface area contributed by atoms with E-state index in [1.165, 1.54) is 12.7 Å². The Bertz CT molecular complexity index is 1230. The van der Waals surface area contributed by atoms with Gasteiger partial charge < -0.3 is 29.2 Å². The average Bonchev–Trinajstić information content (AvgIpc) is 3.50. The van der Waals surface area contributed by atoms with Crippen LogP contribution in [0.25, 0.3) is 22.6 Å². The van der Waals surface area contributed by atoms with E-state index in [0.29, 0.717) is 17.4 Å². The number of rotatable bonds is 6. The molecule has 1 aliphatic heterocycles. The van der Waals surface area contributed by atoms with Gasteiger partial charge in [0.2, 0.25) is 17.7 Å². The van der Waals surface area contributed by atoms with Gasteiger partial charge in [0, 0.05) is 12.5 Å². The second-order valence-corrected chi connectivity index (χ2v) is 7.36. The first-order chi connectivity index (χ1) is 15.5. The van der Waals surface area contributed by atoms with Crippen LogP contribution in [0.3, 0.4) is 0 Å².